The van der Waals surface area contributed by atoms with Crippen molar-refractivity contribution >= 4 is 28.9 Å². The van der Waals surface area contributed by atoms with E-state index in [0.717, 1.165) is 25.2 Å². The molecular formula is C12H16ClN3O. The summed E-state index contributed by atoms with van der Waals surface area (Å²) in [4.78, 5) is 13.2. The van der Waals surface area contributed by atoms with Gasteiger partial charge in [0.25, 0.3) is 0 Å². The molecule has 0 aromatic heterocycles. The molecule has 1 aliphatic rings. The van der Waals surface area contributed by atoms with Crippen LogP contribution in [-0.2, 0) is 4.79 Å². The van der Waals surface area contributed by atoms with Gasteiger partial charge in [0.05, 0.1) is 11.4 Å². The van der Waals surface area contributed by atoms with E-state index in [1.165, 1.54) is 0 Å². The van der Waals surface area contributed by atoms with Crippen LogP contribution in [0.25, 0.3) is 0 Å². The van der Waals surface area contributed by atoms with E-state index < -0.39 is 0 Å². The van der Waals surface area contributed by atoms with Crippen molar-refractivity contribution in [1.82, 2.24) is 5.32 Å². The lowest BCUT2D eigenvalue weighted by atomic mass is 10.2. The monoisotopic (exact) mass is 253 g/mol. The maximum absolute atomic E-state index is 11.0. The number of carbonyl (C=O) groups is 1. The number of carbonyl (C=O) groups excluding carboxylic acids is 1. The van der Waals surface area contributed by atoms with Crippen LogP contribution in [0.5, 0.6) is 0 Å². The maximum atomic E-state index is 11.0. The van der Waals surface area contributed by atoms with Gasteiger partial charge in [0.15, 0.2) is 0 Å². The van der Waals surface area contributed by atoms with Gasteiger partial charge < -0.3 is 16.0 Å². The van der Waals surface area contributed by atoms with Gasteiger partial charge in [0, 0.05) is 31.1 Å². The molecule has 4 nitrogen and oxygen atoms in total. The highest BCUT2D eigenvalue weighted by Crippen LogP contribution is 2.29. The first kappa shape index (κ1) is 12.0. The summed E-state index contributed by atoms with van der Waals surface area (Å²) in [5.41, 5.74) is 7.60. The molecule has 1 unspecified atom stereocenters. The summed E-state index contributed by atoms with van der Waals surface area (Å²) in [7, 11) is 0. The second-order valence-corrected chi connectivity index (χ2v) is 4.77. The predicted molar refractivity (Wildman–Crippen MR) is 70.3 cm³/mol. The molecule has 1 aromatic rings. The van der Waals surface area contributed by atoms with Crippen molar-refractivity contribution in [2.75, 3.05) is 23.7 Å². The molecule has 1 atom stereocenters. The van der Waals surface area contributed by atoms with Crippen LogP contribution in [0.15, 0.2) is 18.2 Å². The number of anilines is 2. The molecule has 1 aromatic carbocycles. The van der Waals surface area contributed by atoms with E-state index >= 15 is 0 Å². The van der Waals surface area contributed by atoms with Gasteiger partial charge in [0.1, 0.15) is 0 Å². The second kappa shape index (κ2) is 4.84. The van der Waals surface area contributed by atoms with E-state index in [2.05, 4.69) is 10.2 Å². The molecule has 1 heterocycles. The number of hydrogen-bond donors (Lipinski definition) is 2. The Kier molecular flexibility index (Phi) is 3.43. The molecular weight excluding hydrogens is 238 g/mol. The molecule has 1 amide bonds. The lowest BCUT2D eigenvalue weighted by molar-refractivity contribution is -0.119. The highest BCUT2D eigenvalue weighted by Gasteiger charge is 2.24. The van der Waals surface area contributed by atoms with Crippen LogP contribution in [0.4, 0.5) is 11.4 Å². The third-order valence-corrected chi connectivity index (χ3v) is 3.16. The highest BCUT2D eigenvalue weighted by molar-refractivity contribution is 6.31. The Hall–Kier alpha value is -1.42. The molecule has 2 rings (SSSR count). The molecule has 5 heteroatoms. The van der Waals surface area contributed by atoms with Crippen molar-refractivity contribution in [2.45, 2.75) is 19.4 Å². The number of nitrogens with two attached hydrogens (primary N) is 1. The van der Waals surface area contributed by atoms with Crippen molar-refractivity contribution in [3.8, 4) is 0 Å². The van der Waals surface area contributed by atoms with Crippen LogP contribution in [-0.4, -0.2) is 25.0 Å². The Balaban J connectivity index is 2.07. The van der Waals surface area contributed by atoms with E-state index in [4.69, 9.17) is 17.3 Å². The fourth-order valence-electron chi connectivity index (χ4n) is 2.20. The number of hydrogen-bond acceptors (Lipinski definition) is 3. The zero-order chi connectivity index (χ0) is 12.4. The minimum absolute atomic E-state index is 0.0147. The summed E-state index contributed by atoms with van der Waals surface area (Å²) in [5, 5.41) is 3.57. The Morgan fingerprint density at radius 1 is 1.59 bits per heavy atom. The Morgan fingerprint density at radius 3 is 3.00 bits per heavy atom. The Labute approximate surface area is 106 Å². The summed E-state index contributed by atoms with van der Waals surface area (Å²) >= 11 is 5.87. The second-order valence-electron chi connectivity index (χ2n) is 4.34. The van der Waals surface area contributed by atoms with Gasteiger partial charge in [-0.2, -0.15) is 0 Å². The van der Waals surface area contributed by atoms with E-state index in [1.54, 1.807) is 13.0 Å². The first-order chi connectivity index (χ1) is 8.06. The minimum Gasteiger partial charge on any atom is -0.397 e. The summed E-state index contributed by atoms with van der Waals surface area (Å²) in [6, 6.07) is 5.72. The average Bonchev–Trinajstić information content (AvgIpc) is 2.65. The SMILES string of the molecule is CC(=O)NC1CCN(c2ccc(Cl)cc2N)C1. The van der Waals surface area contributed by atoms with Crippen LogP contribution in [0, 0.1) is 0 Å². The van der Waals surface area contributed by atoms with Crippen molar-refractivity contribution in [2.24, 2.45) is 0 Å². The normalized spacial score (nSPS) is 19.4. The number of nitrogens with one attached hydrogen (secondary N) is 1. The summed E-state index contributed by atoms with van der Waals surface area (Å²) < 4.78 is 0. The van der Waals surface area contributed by atoms with E-state index in [-0.39, 0.29) is 11.9 Å². The van der Waals surface area contributed by atoms with Crippen LogP contribution >= 0.6 is 11.6 Å². The summed E-state index contributed by atoms with van der Waals surface area (Å²) in [6.45, 7) is 3.24. The van der Waals surface area contributed by atoms with Gasteiger partial charge in [0.2, 0.25) is 5.91 Å². The molecule has 1 aliphatic heterocycles. The number of rotatable bonds is 2. The van der Waals surface area contributed by atoms with Gasteiger partial charge in [-0.1, -0.05) is 11.6 Å². The maximum Gasteiger partial charge on any atom is 0.217 e. The largest absolute Gasteiger partial charge is 0.397 e. The number of halogens is 1. The van der Waals surface area contributed by atoms with Gasteiger partial charge in [-0.15, -0.1) is 0 Å². The quantitative estimate of drug-likeness (QED) is 0.788. The molecule has 1 saturated heterocycles. The van der Waals surface area contributed by atoms with E-state index in [1.807, 2.05) is 12.1 Å². The van der Waals surface area contributed by atoms with Crippen LogP contribution < -0.4 is 16.0 Å². The first-order valence-corrected chi connectivity index (χ1v) is 6.01. The highest BCUT2D eigenvalue weighted by atomic mass is 35.5. The van der Waals surface area contributed by atoms with Gasteiger partial charge in [-0.25, -0.2) is 0 Å². The van der Waals surface area contributed by atoms with Crippen LogP contribution in [0.1, 0.15) is 13.3 Å². The zero-order valence-electron chi connectivity index (χ0n) is 9.74. The van der Waals surface area contributed by atoms with E-state index in [0.29, 0.717) is 10.7 Å². The summed E-state index contributed by atoms with van der Waals surface area (Å²) in [6.07, 6.45) is 0.946. The molecule has 3 N–H and O–H groups in total. The zero-order valence-corrected chi connectivity index (χ0v) is 10.5. The molecule has 0 saturated carbocycles. The lowest BCUT2D eigenvalue weighted by Gasteiger charge is -2.20. The predicted octanol–water partition coefficient (Wildman–Crippen LogP) is 1.64. The number of nitrogens with zero attached hydrogens (tertiary/aromatic N) is 1. The molecule has 92 valence electrons. The fourth-order valence-corrected chi connectivity index (χ4v) is 2.38. The molecule has 0 radical (unpaired) electrons. The molecule has 0 spiro atoms. The first-order valence-electron chi connectivity index (χ1n) is 5.63. The van der Waals surface area contributed by atoms with Gasteiger partial charge in [-0.05, 0) is 24.6 Å². The Bertz CT molecular complexity index is 436. The third kappa shape index (κ3) is 2.82. The molecule has 17 heavy (non-hydrogen) atoms. The smallest absolute Gasteiger partial charge is 0.217 e. The minimum atomic E-state index is 0.0147. The average molecular weight is 254 g/mol. The van der Waals surface area contributed by atoms with Crippen LogP contribution in [0.2, 0.25) is 5.02 Å². The topological polar surface area (TPSA) is 58.4 Å². The number of amides is 1. The van der Waals surface area contributed by atoms with Crippen molar-refractivity contribution < 1.29 is 4.79 Å². The summed E-state index contributed by atoms with van der Waals surface area (Å²) in [5.74, 6) is 0.0147. The fraction of sp³-hybridized carbons (Fsp3) is 0.417. The Morgan fingerprint density at radius 2 is 2.35 bits per heavy atom. The number of benzene rings is 1. The van der Waals surface area contributed by atoms with Crippen molar-refractivity contribution in [3.63, 3.8) is 0 Å². The lowest BCUT2D eigenvalue weighted by Crippen LogP contribution is -2.35. The third-order valence-electron chi connectivity index (χ3n) is 2.93. The molecule has 1 fully saturated rings. The van der Waals surface area contributed by atoms with Crippen molar-refractivity contribution in [3.05, 3.63) is 23.2 Å². The number of nitrogen functional groups attached to an aromatic ring is 1. The molecule has 0 aliphatic carbocycles. The standard InChI is InChI=1S/C12H16ClN3O/c1-8(17)15-10-4-5-16(7-10)12-3-2-9(13)6-11(12)14/h2-3,6,10H,4-5,7,14H2,1H3,(H,15,17). The van der Waals surface area contributed by atoms with Crippen LogP contribution in [0.3, 0.4) is 0 Å². The molecule has 0 bridgehead atoms. The van der Waals surface area contributed by atoms with Gasteiger partial charge >= 0.3 is 0 Å². The van der Waals surface area contributed by atoms with E-state index in [9.17, 15) is 4.79 Å². The van der Waals surface area contributed by atoms with Crippen molar-refractivity contribution in [1.29, 1.82) is 0 Å². The van der Waals surface area contributed by atoms with Gasteiger partial charge in [-0.3, -0.25) is 4.79 Å².